The first-order valence-corrected chi connectivity index (χ1v) is 4.96. The standard InChI is InChI=1S/C12H18N2O.2O.V/c1-9(14-8-12(2,3)13)10-6-4-5-7-11(10)15;;;/h4-7,15H,8,13H2,1-3H3;;;/q;2*-2;/p-1. The Morgan fingerprint density at radius 1 is 1.28 bits per heavy atom. The van der Waals surface area contributed by atoms with Crippen molar-refractivity contribution in [3.63, 3.8) is 0 Å². The Morgan fingerprint density at radius 3 is 2.22 bits per heavy atom. The first kappa shape index (κ1) is 22.3. The van der Waals surface area contributed by atoms with Crippen molar-refractivity contribution in [3.8, 4) is 5.75 Å². The van der Waals surface area contributed by atoms with Crippen LogP contribution in [0.15, 0.2) is 29.3 Å². The van der Waals surface area contributed by atoms with Gasteiger partial charge in [0.15, 0.2) is 0 Å². The predicted molar refractivity (Wildman–Crippen MR) is 62.6 cm³/mol. The van der Waals surface area contributed by atoms with Crippen LogP contribution in [0.25, 0.3) is 0 Å². The number of nitrogens with zero attached hydrogens (tertiary/aromatic N) is 1. The SMILES string of the molecule is CC(=NCC(C)(C)N)c1ccccc1[O-].[O-2].[O-2].[V]. The summed E-state index contributed by atoms with van der Waals surface area (Å²) in [6.07, 6.45) is 0. The normalized spacial score (nSPS) is 10.8. The van der Waals surface area contributed by atoms with E-state index in [1.54, 1.807) is 18.2 Å². The predicted octanol–water partition coefficient (Wildman–Crippen LogP) is 1.07. The molecular formula is C12H17N2O3V-5. The van der Waals surface area contributed by atoms with Gasteiger partial charge in [0.05, 0.1) is 6.54 Å². The molecule has 6 heteroatoms. The first-order chi connectivity index (χ1) is 6.90. The van der Waals surface area contributed by atoms with Crippen molar-refractivity contribution in [3.05, 3.63) is 29.8 Å². The number of hydrogen-bond acceptors (Lipinski definition) is 3. The van der Waals surface area contributed by atoms with Gasteiger partial charge in [-0.3, -0.25) is 4.99 Å². The third kappa shape index (κ3) is 7.47. The molecule has 0 spiro atoms. The van der Waals surface area contributed by atoms with Crippen LogP contribution in [0.5, 0.6) is 5.75 Å². The van der Waals surface area contributed by atoms with Gasteiger partial charge in [0.2, 0.25) is 0 Å². The Labute approximate surface area is 120 Å². The zero-order valence-electron chi connectivity index (χ0n) is 10.7. The molecule has 0 fully saturated rings. The van der Waals surface area contributed by atoms with Crippen molar-refractivity contribution in [2.45, 2.75) is 26.3 Å². The molecule has 2 N–H and O–H groups in total. The summed E-state index contributed by atoms with van der Waals surface area (Å²) in [4.78, 5) is 4.32. The van der Waals surface area contributed by atoms with Crippen LogP contribution >= 0.6 is 0 Å². The molecule has 0 unspecified atom stereocenters. The number of aliphatic imine (C=N–C) groups is 1. The van der Waals surface area contributed by atoms with Crippen LogP contribution in [0.1, 0.15) is 26.3 Å². The summed E-state index contributed by atoms with van der Waals surface area (Å²) in [5, 5.41) is 11.5. The molecule has 0 aliphatic rings. The van der Waals surface area contributed by atoms with Crippen LogP contribution in [0.3, 0.4) is 0 Å². The fraction of sp³-hybridized carbons (Fsp3) is 0.417. The minimum atomic E-state index is -0.334. The third-order valence-corrected chi connectivity index (χ3v) is 2.00. The molecule has 0 heterocycles. The second-order valence-corrected chi connectivity index (χ2v) is 4.39. The summed E-state index contributed by atoms with van der Waals surface area (Å²) in [5.41, 5.74) is 6.88. The van der Waals surface area contributed by atoms with Crippen molar-refractivity contribution < 1.29 is 34.6 Å². The molecule has 5 nitrogen and oxygen atoms in total. The summed E-state index contributed by atoms with van der Waals surface area (Å²) < 4.78 is 0. The van der Waals surface area contributed by atoms with Crippen LogP contribution in [0.2, 0.25) is 0 Å². The van der Waals surface area contributed by atoms with Crippen LogP contribution in [-0.4, -0.2) is 17.8 Å². The monoisotopic (exact) mass is 288 g/mol. The summed E-state index contributed by atoms with van der Waals surface area (Å²) in [5.74, 6) is 0.00794. The van der Waals surface area contributed by atoms with E-state index >= 15 is 0 Å². The number of rotatable bonds is 3. The maximum absolute atomic E-state index is 11.5. The quantitative estimate of drug-likeness (QED) is 0.837. The van der Waals surface area contributed by atoms with Crippen LogP contribution in [0.4, 0.5) is 0 Å². The molecule has 0 saturated carbocycles. The molecule has 1 aromatic carbocycles. The van der Waals surface area contributed by atoms with E-state index in [9.17, 15) is 5.11 Å². The summed E-state index contributed by atoms with van der Waals surface area (Å²) in [6, 6.07) is 6.89. The molecule has 0 aliphatic heterocycles. The van der Waals surface area contributed by atoms with Crippen LogP contribution in [-0.2, 0) is 29.5 Å². The maximum Gasteiger partial charge on any atom is 0.0567 e. The molecule has 0 aromatic heterocycles. The smallest absolute Gasteiger partial charge is 0.0567 e. The van der Waals surface area contributed by atoms with Crippen molar-refractivity contribution in [2.75, 3.05) is 6.54 Å². The van der Waals surface area contributed by atoms with E-state index in [-0.39, 0.29) is 40.8 Å². The minimum Gasteiger partial charge on any atom is -2.00 e. The van der Waals surface area contributed by atoms with Gasteiger partial charge < -0.3 is 21.8 Å². The largest absolute Gasteiger partial charge is 2.00 e. The molecule has 18 heavy (non-hydrogen) atoms. The van der Waals surface area contributed by atoms with Gasteiger partial charge in [-0.15, -0.1) is 0 Å². The summed E-state index contributed by atoms with van der Waals surface area (Å²) in [6.45, 7) is 6.18. The Balaban J connectivity index is -0.000000750. The van der Waals surface area contributed by atoms with Gasteiger partial charge in [-0.25, -0.2) is 0 Å². The second kappa shape index (κ2) is 9.13. The van der Waals surface area contributed by atoms with E-state index < -0.39 is 0 Å². The fourth-order valence-corrected chi connectivity index (χ4v) is 1.17. The van der Waals surface area contributed by atoms with Crippen molar-refractivity contribution in [1.29, 1.82) is 0 Å². The minimum absolute atomic E-state index is 0. The summed E-state index contributed by atoms with van der Waals surface area (Å²) in [7, 11) is 0. The Kier molecular flexibility index (Phi) is 11.3. The molecule has 0 aliphatic carbocycles. The molecule has 0 bridgehead atoms. The van der Waals surface area contributed by atoms with E-state index in [1.165, 1.54) is 0 Å². The van der Waals surface area contributed by atoms with Crippen molar-refractivity contribution >= 4 is 5.71 Å². The van der Waals surface area contributed by atoms with Gasteiger partial charge in [-0.1, -0.05) is 30.0 Å². The molecule has 103 valence electrons. The van der Waals surface area contributed by atoms with Gasteiger partial charge in [-0.2, -0.15) is 0 Å². The van der Waals surface area contributed by atoms with Crippen LogP contribution < -0.4 is 10.8 Å². The second-order valence-electron chi connectivity index (χ2n) is 4.39. The van der Waals surface area contributed by atoms with Gasteiger partial charge in [0.25, 0.3) is 0 Å². The average Bonchev–Trinajstić information content (AvgIpc) is 2.14. The molecule has 0 saturated heterocycles. The number of nitrogens with two attached hydrogens (primary N) is 1. The van der Waals surface area contributed by atoms with E-state index in [2.05, 4.69) is 4.99 Å². The summed E-state index contributed by atoms with van der Waals surface area (Å²) >= 11 is 0. The van der Waals surface area contributed by atoms with Gasteiger partial charge in [0, 0.05) is 29.8 Å². The number of benzene rings is 1. The van der Waals surface area contributed by atoms with E-state index in [0.717, 1.165) is 5.71 Å². The molecule has 1 aromatic rings. The fourth-order valence-electron chi connectivity index (χ4n) is 1.17. The van der Waals surface area contributed by atoms with Gasteiger partial charge >= 0.3 is 0 Å². The van der Waals surface area contributed by atoms with E-state index in [0.29, 0.717) is 12.1 Å². The van der Waals surface area contributed by atoms with E-state index in [1.807, 2.05) is 26.8 Å². The molecule has 0 atom stereocenters. The Hall–Kier alpha value is -0.846. The zero-order chi connectivity index (χ0) is 11.5. The number of para-hydroxylation sites is 1. The molecule has 0 amide bonds. The van der Waals surface area contributed by atoms with Crippen LogP contribution in [0, 0.1) is 0 Å². The van der Waals surface area contributed by atoms with Gasteiger partial charge in [-0.05, 0) is 26.3 Å². The first-order valence-electron chi connectivity index (χ1n) is 4.96. The van der Waals surface area contributed by atoms with Crippen molar-refractivity contribution in [2.24, 2.45) is 10.7 Å². The Bertz CT molecular complexity index is 376. The van der Waals surface area contributed by atoms with E-state index in [4.69, 9.17) is 5.73 Å². The maximum atomic E-state index is 11.5. The molecule has 1 rings (SSSR count). The van der Waals surface area contributed by atoms with Crippen molar-refractivity contribution in [1.82, 2.24) is 0 Å². The zero-order valence-corrected chi connectivity index (χ0v) is 12.1. The molecule has 1 radical (unpaired) electrons. The average molecular weight is 288 g/mol. The molecular weight excluding hydrogens is 271 g/mol. The third-order valence-electron chi connectivity index (χ3n) is 2.00. The topological polar surface area (TPSA) is 118 Å². The van der Waals surface area contributed by atoms with Gasteiger partial charge in [0.1, 0.15) is 0 Å². The number of hydrogen-bond donors (Lipinski definition) is 1. The Morgan fingerprint density at radius 2 is 1.78 bits per heavy atom.